The van der Waals surface area contributed by atoms with Crippen LogP contribution in [0, 0.1) is 46.8 Å². The summed E-state index contributed by atoms with van der Waals surface area (Å²) in [5, 5.41) is 0. The maximum Gasteiger partial charge on any atom is 0.400 e. The molecule has 0 aromatic heterocycles. The highest BCUT2D eigenvalue weighted by Gasteiger charge is 2.55. The highest BCUT2D eigenvalue weighted by atomic mass is 19.4. The Balaban J connectivity index is -0.0000000768. The second-order valence-corrected chi connectivity index (χ2v) is 19.9. The van der Waals surface area contributed by atoms with Crippen LogP contribution < -0.4 is 0 Å². The third-order valence-electron chi connectivity index (χ3n) is 9.43. The monoisotopic (exact) mass is 1120 g/mol. The quantitative estimate of drug-likeness (QED) is 0.202. The summed E-state index contributed by atoms with van der Waals surface area (Å²) in [6.45, 7) is 42.4. The summed E-state index contributed by atoms with van der Waals surface area (Å²) >= 11 is 0. The number of halogens is 20. The largest absolute Gasteiger partial charge is 0.400 e. The lowest BCUT2D eigenvalue weighted by Gasteiger charge is -2.25. The Morgan fingerprint density at radius 2 is 0.781 bits per heavy atom. The van der Waals surface area contributed by atoms with Crippen molar-refractivity contribution >= 4 is 0 Å². The van der Waals surface area contributed by atoms with Crippen LogP contribution in [0.25, 0.3) is 0 Å². The smallest absolute Gasteiger partial charge is 0.207 e. The minimum absolute atomic E-state index is 0.105. The van der Waals surface area contributed by atoms with Gasteiger partial charge in [-0.05, 0) is 54.8 Å². The minimum Gasteiger partial charge on any atom is -0.207 e. The van der Waals surface area contributed by atoms with E-state index in [0.717, 1.165) is 25.7 Å². The van der Waals surface area contributed by atoms with E-state index in [1.807, 2.05) is 20.8 Å². The highest BCUT2D eigenvalue weighted by Crippen LogP contribution is 2.42. The molecule has 1 aliphatic rings. The average Bonchev–Trinajstić information content (AvgIpc) is 3.20. The molecule has 0 nitrogen and oxygen atoms in total. The lowest BCUT2D eigenvalue weighted by atomic mass is 9.86. The van der Waals surface area contributed by atoms with Crippen molar-refractivity contribution in [2.24, 2.45) is 46.8 Å². The number of hydrogen-bond acceptors (Lipinski definition) is 0. The lowest BCUT2D eigenvalue weighted by molar-refractivity contribution is -0.285. The summed E-state index contributed by atoms with van der Waals surface area (Å²) in [5.74, 6) is -5.86. The van der Waals surface area contributed by atoms with Crippen LogP contribution in [0.5, 0.6) is 0 Å². The molecule has 1 unspecified atom stereocenters. The molecule has 0 amide bonds. The molecule has 73 heavy (non-hydrogen) atoms. The van der Waals surface area contributed by atoms with Crippen LogP contribution in [0.2, 0.25) is 0 Å². The molecule has 1 rings (SSSR count). The van der Waals surface area contributed by atoms with E-state index in [2.05, 4.69) is 69.2 Å². The van der Waals surface area contributed by atoms with Gasteiger partial charge in [-0.25, -0.2) is 8.78 Å². The van der Waals surface area contributed by atoms with Gasteiger partial charge in [0.05, 0.1) is 5.92 Å². The summed E-state index contributed by atoms with van der Waals surface area (Å²) in [4.78, 5) is 0. The fourth-order valence-electron chi connectivity index (χ4n) is 3.42. The van der Waals surface area contributed by atoms with Crippen molar-refractivity contribution in [2.45, 2.75) is 299 Å². The van der Waals surface area contributed by atoms with Crippen molar-refractivity contribution in [3.63, 3.8) is 0 Å². The average molecular weight is 1120 g/mol. The standard InChI is InChI=1S/C7H13F3.C7H12F2.C6H8F6.C6H11F3.C5H9F3.C5H12.C4H7F3.2C4H10.C3H8.C2H6/c1-4-6(2,3)5-7(8,9)10;1-6-2-4-7(8,9)5-3-6;1-2-3-4(5(7,8)9)6(10,11)12;1-3-5(2)4-6(7,8)9;1-3-4(2)5(6,7)8;1-4-5(2)3;1-3(2)4(5,6)7;1-4(2)3;1-3-4-2;1-3-2;1-2/h4-5H2,1-3H3;6H,2-5H2,1H3;4H,2-3H2,1H3;5H,3-4H2,1-2H3;4H,3H2,1-2H3;5H,4H2,1-3H3;3H,1-2H3;4H,1-3H3;3-4H2,1-2H3;3H2,1-2H3;1-2H3/t;;;5-;;;;;;;/m...0......./s1. The molecule has 2 atom stereocenters. The van der Waals surface area contributed by atoms with Gasteiger partial charge in [-0.1, -0.05) is 204 Å². The van der Waals surface area contributed by atoms with E-state index < -0.39 is 85.4 Å². The fourth-order valence-corrected chi connectivity index (χ4v) is 3.42. The first-order chi connectivity index (χ1) is 32.3. The first kappa shape index (κ1) is 94.1. The third-order valence-corrected chi connectivity index (χ3v) is 9.43. The van der Waals surface area contributed by atoms with Gasteiger partial charge >= 0.3 is 37.1 Å². The molecule has 0 saturated heterocycles. The molecule has 0 aromatic carbocycles. The van der Waals surface area contributed by atoms with E-state index >= 15 is 0 Å². The van der Waals surface area contributed by atoms with Gasteiger partial charge in [0.25, 0.3) is 0 Å². The molecule has 0 heterocycles. The Morgan fingerprint density at radius 1 is 0.479 bits per heavy atom. The van der Waals surface area contributed by atoms with Gasteiger partial charge in [0, 0.05) is 31.6 Å². The van der Waals surface area contributed by atoms with Crippen molar-refractivity contribution in [1.29, 1.82) is 0 Å². The predicted molar refractivity (Wildman–Crippen MR) is 268 cm³/mol. The zero-order valence-electron chi connectivity index (χ0n) is 49.2. The first-order valence-corrected chi connectivity index (χ1v) is 26.1. The predicted octanol–water partition coefficient (Wildman–Crippen LogP) is 25.5. The maximum atomic E-state index is 12.4. The van der Waals surface area contributed by atoms with Gasteiger partial charge in [0.2, 0.25) is 5.92 Å². The van der Waals surface area contributed by atoms with Crippen LogP contribution in [0.3, 0.4) is 0 Å². The van der Waals surface area contributed by atoms with E-state index in [-0.39, 0.29) is 31.6 Å². The lowest BCUT2D eigenvalue weighted by Crippen LogP contribution is -2.36. The Kier molecular flexibility index (Phi) is 64.6. The molecule has 0 aromatic rings. The maximum absolute atomic E-state index is 12.4. The number of unbranched alkanes of at least 4 members (excludes halogenated alkanes) is 1. The highest BCUT2D eigenvalue weighted by molar-refractivity contribution is 4.75. The van der Waals surface area contributed by atoms with Gasteiger partial charge in [-0.2, -0.15) is 79.0 Å². The number of rotatable bonds is 9. The third kappa shape index (κ3) is 96.8. The van der Waals surface area contributed by atoms with Crippen LogP contribution in [0.15, 0.2) is 0 Å². The summed E-state index contributed by atoms with van der Waals surface area (Å²) < 4.78 is 232. The van der Waals surface area contributed by atoms with Crippen molar-refractivity contribution < 1.29 is 87.8 Å². The van der Waals surface area contributed by atoms with Crippen LogP contribution in [0.1, 0.15) is 256 Å². The first-order valence-electron chi connectivity index (χ1n) is 26.1. The van der Waals surface area contributed by atoms with E-state index in [4.69, 9.17) is 0 Å². The van der Waals surface area contributed by atoms with Crippen molar-refractivity contribution in [1.82, 2.24) is 0 Å². The molecular weight excluding hydrogens is 1020 g/mol. The van der Waals surface area contributed by atoms with Crippen molar-refractivity contribution in [3.05, 3.63) is 0 Å². The molecule has 0 N–H and O–H groups in total. The van der Waals surface area contributed by atoms with E-state index in [9.17, 15) is 87.8 Å². The molecule has 0 spiro atoms. The van der Waals surface area contributed by atoms with Gasteiger partial charge in [-0.3, -0.25) is 0 Å². The van der Waals surface area contributed by atoms with Gasteiger partial charge in [0.1, 0.15) is 0 Å². The van der Waals surface area contributed by atoms with Gasteiger partial charge in [0.15, 0.2) is 5.92 Å². The second-order valence-electron chi connectivity index (χ2n) is 19.9. The summed E-state index contributed by atoms with van der Waals surface area (Å²) in [5.41, 5.74) is -0.599. The molecule has 1 fully saturated rings. The molecule has 0 radical (unpaired) electrons. The normalized spacial score (nSPS) is 14.5. The molecule has 0 aliphatic heterocycles. The van der Waals surface area contributed by atoms with E-state index in [1.165, 1.54) is 46.5 Å². The Hall–Kier alpha value is -1.40. The zero-order valence-corrected chi connectivity index (χ0v) is 49.2. The number of alkyl halides is 20. The van der Waals surface area contributed by atoms with Crippen LogP contribution in [-0.2, 0) is 0 Å². The van der Waals surface area contributed by atoms with Crippen LogP contribution in [0.4, 0.5) is 87.8 Å². The molecular formula is C53H106F20. The SMILES string of the molecule is CC.CC(C)C.CC(C)C(F)(F)F.CC1CCC(F)(F)CC1.CCC.CCC(C)(C)CC(F)(F)F.CCC(C)C.CCC(C)C(F)(F)F.CCCC.CCCC(C(F)(F)F)C(F)(F)F.CC[C@H](C)CC(F)(F)F. The van der Waals surface area contributed by atoms with Crippen LogP contribution in [-0.4, -0.2) is 43.0 Å². The Bertz CT molecular complexity index is 1040. The van der Waals surface area contributed by atoms with Crippen molar-refractivity contribution in [3.8, 4) is 0 Å². The molecule has 1 saturated carbocycles. The van der Waals surface area contributed by atoms with Crippen molar-refractivity contribution in [2.75, 3.05) is 0 Å². The fraction of sp³-hybridized carbons (Fsp3) is 1.00. The molecule has 0 bridgehead atoms. The molecule has 1 aliphatic carbocycles. The number of hydrogen-bond donors (Lipinski definition) is 0. The Labute approximate surface area is 432 Å². The Morgan fingerprint density at radius 3 is 0.863 bits per heavy atom. The molecule has 20 heteroatoms. The zero-order chi connectivity index (χ0) is 61.6. The second kappa shape index (κ2) is 50.1. The topological polar surface area (TPSA) is 0 Å². The summed E-state index contributed by atoms with van der Waals surface area (Å²) in [7, 11) is 0. The summed E-state index contributed by atoms with van der Waals surface area (Å²) in [6.07, 6.45) is -20.6. The summed E-state index contributed by atoms with van der Waals surface area (Å²) in [6, 6.07) is 0. The van der Waals surface area contributed by atoms with Gasteiger partial charge < -0.3 is 0 Å². The van der Waals surface area contributed by atoms with Crippen LogP contribution >= 0.6 is 0 Å². The minimum atomic E-state index is -5.17. The molecule has 458 valence electrons. The van der Waals surface area contributed by atoms with E-state index in [0.29, 0.717) is 31.6 Å². The van der Waals surface area contributed by atoms with Gasteiger partial charge in [-0.15, -0.1) is 0 Å². The van der Waals surface area contributed by atoms with E-state index in [1.54, 1.807) is 34.6 Å².